The first kappa shape index (κ1) is 26.4. The number of benzene rings is 1. The van der Waals surface area contributed by atoms with E-state index in [1.807, 2.05) is 0 Å². The summed E-state index contributed by atoms with van der Waals surface area (Å²) in [5.41, 5.74) is 0.673. The van der Waals surface area contributed by atoms with Gasteiger partial charge in [-0.15, -0.1) is 0 Å². The van der Waals surface area contributed by atoms with Crippen molar-refractivity contribution in [3.8, 4) is 0 Å². The van der Waals surface area contributed by atoms with Crippen LogP contribution in [0.25, 0.3) is 11.2 Å². The fourth-order valence-electron chi connectivity index (χ4n) is 3.70. The van der Waals surface area contributed by atoms with E-state index in [1.54, 1.807) is 6.92 Å². The summed E-state index contributed by atoms with van der Waals surface area (Å²) in [6.07, 6.45) is -2.93. The van der Waals surface area contributed by atoms with Crippen LogP contribution in [0, 0.1) is 0 Å². The lowest BCUT2D eigenvalue weighted by Crippen LogP contribution is -2.42. The highest BCUT2D eigenvalue weighted by atomic mass is 32.2. The molecule has 3 heterocycles. The first-order chi connectivity index (χ1) is 17.5. The standard InChI is InChI=1S/C21H26N8O7S/c1-4-22-19(32)16-14(30)15(31)20(36-16)29-10-25-13-17(23-9-24-18(13)29)27-21(33)26-11-5-7-12(8-6-11)37(34,35)28(2)3/h5-10,14-16,20,30-31H,4H2,1-3H3,(H,22,32)(H2,23,24,26,27,33)/t14?,15-,16-,20+/m0/s1. The number of sulfonamides is 1. The number of fused-ring (bicyclic) bond motifs is 1. The fraction of sp³-hybridized carbons (Fsp3) is 0.381. The van der Waals surface area contributed by atoms with Crippen molar-refractivity contribution in [3.05, 3.63) is 36.9 Å². The Morgan fingerprint density at radius 1 is 1.08 bits per heavy atom. The maximum absolute atomic E-state index is 12.6. The molecule has 16 heteroatoms. The number of ether oxygens (including phenoxy) is 1. The van der Waals surface area contributed by atoms with Crippen LogP contribution >= 0.6 is 0 Å². The number of carbonyl (C=O) groups is 2. The highest BCUT2D eigenvalue weighted by Gasteiger charge is 2.47. The summed E-state index contributed by atoms with van der Waals surface area (Å²) in [7, 11) is -0.770. The van der Waals surface area contributed by atoms with Crippen LogP contribution in [0.15, 0.2) is 41.8 Å². The zero-order valence-corrected chi connectivity index (χ0v) is 20.9. The van der Waals surface area contributed by atoms with Crippen molar-refractivity contribution >= 4 is 44.6 Å². The average Bonchev–Trinajstić information content (AvgIpc) is 3.41. The third-order valence-electron chi connectivity index (χ3n) is 5.60. The van der Waals surface area contributed by atoms with E-state index in [9.17, 15) is 28.2 Å². The van der Waals surface area contributed by atoms with Gasteiger partial charge < -0.3 is 25.6 Å². The Balaban J connectivity index is 1.50. The quantitative estimate of drug-likeness (QED) is 0.262. The molecule has 4 rings (SSSR count). The Kier molecular flexibility index (Phi) is 7.37. The summed E-state index contributed by atoms with van der Waals surface area (Å²) in [5, 5.41) is 28.4. The smallest absolute Gasteiger partial charge is 0.324 e. The molecule has 1 unspecified atom stereocenters. The van der Waals surface area contributed by atoms with Crippen molar-refractivity contribution in [2.45, 2.75) is 36.4 Å². The summed E-state index contributed by atoms with van der Waals surface area (Å²) in [5.74, 6) is -0.525. The number of aromatic nitrogens is 4. The van der Waals surface area contributed by atoms with Gasteiger partial charge in [0.05, 0.1) is 11.2 Å². The predicted octanol–water partition coefficient (Wildman–Crippen LogP) is -0.524. The van der Waals surface area contributed by atoms with Gasteiger partial charge in [0, 0.05) is 26.3 Å². The molecule has 1 saturated heterocycles. The summed E-state index contributed by atoms with van der Waals surface area (Å²) in [4.78, 5) is 37.2. The number of likely N-dealkylation sites (N-methyl/N-ethyl adjacent to an activating group) is 1. The lowest BCUT2D eigenvalue weighted by Gasteiger charge is -2.16. The number of carbonyl (C=O) groups excluding carboxylic acids is 2. The summed E-state index contributed by atoms with van der Waals surface area (Å²) >= 11 is 0. The fourth-order valence-corrected chi connectivity index (χ4v) is 4.60. The van der Waals surface area contributed by atoms with Gasteiger partial charge in [-0.05, 0) is 31.2 Å². The third-order valence-corrected chi connectivity index (χ3v) is 7.43. The molecule has 3 amide bonds. The molecule has 15 nitrogen and oxygen atoms in total. The number of hydrogen-bond donors (Lipinski definition) is 5. The van der Waals surface area contributed by atoms with Gasteiger partial charge in [0.1, 0.15) is 18.5 Å². The van der Waals surface area contributed by atoms with Gasteiger partial charge in [-0.2, -0.15) is 0 Å². The van der Waals surface area contributed by atoms with E-state index in [1.165, 1.54) is 49.3 Å². The largest absolute Gasteiger partial charge is 0.387 e. The normalized spacial score (nSPS) is 21.8. The Morgan fingerprint density at radius 3 is 2.43 bits per heavy atom. The first-order valence-corrected chi connectivity index (χ1v) is 12.6. The topological polar surface area (TPSA) is 201 Å². The summed E-state index contributed by atoms with van der Waals surface area (Å²) in [6.45, 7) is 2.03. The molecule has 3 aromatic rings. The molecular formula is C21H26N8O7S. The minimum atomic E-state index is -3.61. The van der Waals surface area contributed by atoms with E-state index in [-0.39, 0.29) is 21.9 Å². The Morgan fingerprint density at radius 2 is 1.78 bits per heavy atom. The second-order valence-electron chi connectivity index (χ2n) is 8.26. The molecule has 0 radical (unpaired) electrons. The van der Waals surface area contributed by atoms with E-state index in [0.717, 1.165) is 10.6 Å². The zero-order chi connectivity index (χ0) is 26.9. The lowest BCUT2D eigenvalue weighted by atomic mass is 10.1. The minimum absolute atomic E-state index is 0.0429. The molecule has 4 atom stereocenters. The van der Waals surface area contributed by atoms with Crippen LogP contribution in [0.3, 0.4) is 0 Å². The van der Waals surface area contributed by atoms with Gasteiger partial charge in [-0.25, -0.2) is 32.5 Å². The molecule has 37 heavy (non-hydrogen) atoms. The molecule has 198 valence electrons. The van der Waals surface area contributed by atoms with Crippen molar-refractivity contribution in [1.82, 2.24) is 29.1 Å². The summed E-state index contributed by atoms with van der Waals surface area (Å²) < 4.78 is 32.4. The second-order valence-corrected chi connectivity index (χ2v) is 10.4. The van der Waals surface area contributed by atoms with Crippen molar-refractivity contribution in [2.24, 2.45) is 0 Å². The third kappa shape index (κ3) is 5.09. The van der Waals surface area contributed by atoms with Crippen LogP contribution in [0.1, 0.15) is 13.2 Å². The minimum Gasteiger partial charge on any atom is -0.387 e. The van der Waals surface area contributed by atoms with Crippen LogP contribution in [-0.2, 0) is 19.6 Å². The van der Waals surface area contributed by atoms with Crippen LogP contribution in [0.5, 0.6) is 0 Å². The number of nitrogens with zero attached hydrogens (tertiary/aromatic N) is 5. The van der Waals surface area contributed by atoms with Gasteiger partial charge in [0.25, 0.3) is 5.91 Å². The van der Waals surface area contributed by atoms with Crippen molar-refractivity contribution in [2.75, 3.05) is 31.3 Å². The van der Waals surface area contributed by atoms with Crippen LogP contribution in [-0.4, -0.2) is 93.3 Å². The Labute approximate surface area is 211 Å². The molecule has 1 aromatic carbocycles. The molecule has 0 bridgehead atoms. The van der Waals surface area contributed by atoms with Gasteiger partial charge in [-0.1, -0.05) is 0 Å². The Hall–Kier alpha value is -3.70. The number of aliphatic hydroxyl groups excluding tert-OH is 2. The van der Waals surface area contributed by atoms with Crippen LogP contribution < -0.4 is 16.0 Å². The van der Waals surface area contributed by atoms with Crippen molar-refractivity contribution in [1.29, 1.82) is 0 Å². The molecular weight excluding hydrogens is 508 g/mol. The highest BCUT2D eigenvalue weighted by Crippen LogP contribution is 2.32. The molecule has 0 aliphatic carbocycles. The molecule has 0 spiro atoms. The van der Waals surface area contributed by atoms with E-state index in [4.69, 9.17) is 4.74 Å². The van der Waals surface area contributed by atoms with Gasteiger partial charge in [0.2, 0.25) is 10.0 Å². The molecule has 1 aliphatic rings. The van der Waals surface area contributed by atoms with Crippen molar-refractivity contribution in [3.63, 3.8) is 0 Å². The van der Waals surface area contributed by atoms with Crippen molar-refractivity contribution < 1.29 is 33.0 Å². The number of anilines is 2. The summed E-state index contributed by atoms with van der Waals surface area (Å²) in [6, 6.07) is 4.93. The van der Waals surface area contributed by atoms with Gasteiger partial charge in [-0.3, -0.25) is 14.7 Å². The highest BCUT2D eigenvalue weighted by molar-refractivity contribution is 7.89. The zero-order valence-electron chi connectivity index (χ0n) is 20.1. The van der Waals surface area contributed by atoms with Gasteiger partial charge in [0.15, 0.2) is 29.3 Å². The van der Waals surface area contributed by atoms with E-state index in [0.29, 0.717) is 12.2 Å². The molecule has 1 aliphatic heterocycles. The number of aliphatic hydroxyl groups is 2. The number of imidazole rings is 1. The SMILES string of the molecule is CCNC(=O)[C@H]1O[C@@H](n2cnc3c(NC(=O)Nc4ccc(S(=O)(=O)N(C)C)cc4)ncnc32)[C@@H](O)C1O. The lowest BCUT2D eigenvalue weighted by molar-refractivity contribution is -0.137. The number of urea groups is 1. The number of hydrogen-bond acceptors (Lipinski definition) is 10. The van der Waals surface area contributed by atoms with E-state index >= 15 is 0 Å². The molecule has 2 aromatic heterocycles. The van der Waals surface area contributed by atoms with E-state index < -0.39 is 46.5 Å². The monoisotopic (exact) mass is 534 g/mol. The van der Waals surface area contributed by atoms with Crippen LogP contribution in [0.4, 0.5) is 16.3 Å². The average molecular weight is 535 g/mol. The molecule has 1 fully saturated rings. The molecule has 5 N–H and O–H groups in total. The number of nitrogens with one attached hydrogen (secondary N) is 3. The van der Waals surface area contributed by atoms with E-state index in [2.05, 4.69) is 30.9 Å². The predicted molar refractivity (Wildman–Crippen MR) is 130 cm³/mol. The van der Waals surface area contributed by atoms with Gasteiger partial charge >= 0.3 is 6.03 Å². The number of rotatable bonds is 7. The Bertz CT molecular complexity index is 1410. The number of amides is 3. The second kappa shape index (κ2) is 10.3. The maximum atomic E-state index is 12.6. The first-order valence-electron chi connectivity index (χ1n) is 11.1. The molecule has 0 saturated carbocycles. The van der Waals surface area contributed by atoms with Crippen LogP contribution in [0.2, 0.25) is 0 Å². The maximum Gasteiger partial charge on any atom is 0.324 e.